The van der Waals surface area contributed by atoms with Gasteiger partial charge in [0.1, 0.15) is 5.82 Å². The number of benzene rings is 1. The van der Waals surface area contributed by atoms with Gasteiger partial charge >= 0.3 is 0 Å². The first kappa shape index (κ1) is 9.33. The molecule has 2 rings (SSSR count). The van der Waals surface area contributed by atoms with Gasteiger partial charge in [0.15, 0.2) is 11.2 Å². The van der Waals surface area contributed by atoms with E-state index in [1.807, 2.05) is 0 Å². The molecule has 0 atom stereocenters. The summed E-state index contributed by atoms with van der Waals surface area (Å²) in [6.45, 7) is 0. The third-order valence-corrected chi connectivity index (χ3v) is 2.62. The number of hydrogen-bond donors (Lipinski definition) is 1. The Bertz CT molecular complexity index is 564. The van der Waals surface area contributed by atoms with Gasteiger partial charge in [0.2, 0.25) is 0 Å². The zero-order chi connectivity index (χ0) is 10.3. The van der Waals surface area contributed by atoms with Gasteiger partial charge in [-0.1, -0.05) is 0 Å². The molecule has 0 fully saturated rings. The van der Waals surface area contributed by atoms with E-state index in [1.165, 1.54) is 12.3 Å². The smallest absolute Gasteiger partial charge is 0.189 e. The van der Waals surface area contributed by atoms with Gasteiger partial charge < -0.3 is 4.98 Å². The minimum Gasteiger partial charge on any atom is -0.359 e. The average molecular weight is 260 g/mol. The summed E-state index contributed by atoms with van der Waals surface area (Å²) in [5, 5.41) is 0.00528. The van der Waals surface area contributed by atoms with Gasteiger partial charge in [0.05, 0.1) is 15.4 Å². The van der Waals surface area contributed by atoms with Crippen molar-refractivity contribution in [1.82, 2.24) is 4.98 Å². The second-order valence-electron chi connectivity index (χ2n) is 2.75. The Morgan fingerprint density at radius 2 is 2.07 bits per heavy atom. The van der Waals surface area contributed by atoms with Crippen molar-refractivity contribution in [3.8, 4) is 0 Å². The second kappa shape index (κ2) is 3.16. The molecular formula is C9H4BrF2NO. The number of fused-ring (bicyclic) bond motifs is 1. The van der Waals surface area contributed by atoms with E-state index in [0.717, 1.165) is 6.07 Å². The van der Waals surface area contributed by atoms with E-state index in [-0.39, 0.29) is 15.4 Å². The van der Waals surface area contributed by atoms with Crippen LogP contribution in [-0.2, 0) is 0 Å². The maximum atomic E-state index is 13.4. The monoisotopic (exact) mass is 259 g/mol. The largest absolute Gasteiger partial charge is 0.359 e. The zero-order valence-electron chi connectivity index (χ0n) is 6.77. The van der Waals surface area contributed by atoms with Crippen molar-refractivity contribution in [1.29, 1.82) is 0 Å². The summed E-state index contributed by atoms with van der Waals surface area (Å²) in [6.07, 6.45) is 1.32. The standard InChI is InChI=1S/C9H4BrF2NO/c10-7-5(11)3-4-6(14)1-2-13-9(4)8(7)12/h1-3H,(H,13,14). The van der Waals surface area contributed by atoms with Crippen LogP contribution in [-0.4, -0.2) is 4.98 Å². The highest BCUT2D eigenvalue weighted by Crippen LogP contribution is 2.24. The minimum atomic E-state index is -0.794. The number of pyridine rings is 1. The molecule has 0 spiro atoms. The normalized spacial score (nSPS) is 10.8. The molecule has 0 saturated heterocycles. The van der Waals surface area contributed by atoms with E-state index in [0.29, 0.717) is 0 Å². The van der Waals surface area contributed by atoms with Crippen LogP contribution in [0.5, 0.6) is 0 Å². The molecule has 0 bridgehead atoms. The van der Waals surface area contributed by atoms with Crippen LogP contribution >= 0.6 is 15.9 Å². The predicted octanol–water partition coefficient (Wildman–Crippen LogP) is 2.57. The fourth-order valence-corrected chi connectivity index (χ4v) is 1.53. The molecule has 1 N–H and O–H groups in total. The summed E-state index contributed by atoms with van der Waals surface area (Å²) in [4.78, 5) is 13.8. The van der Waals surface area contributed by atoms with Crippen LogP contribution in [0.25, 0.3) is 10.9 Å². The van der Waals surface area contributed by atoms with Crippen molar-refractivity contribution in [2.45, 2.75) is 0 Å². The Balaban J connectivity index is 3.06. The van der Waals surface area contributed by atoms with Crippen LogP contribution in [0.4, 0.5) is 8.78 Å². The molecule has 0 aliphatic carbocycles. The summed E-state index contributed by atoms with van der Waals surface area (Å²) < 4.78 is 26.2. The fraction of sp³-hybridized carbons (Fsp3) is 0. The molecule has 1 aromatic heterocycles. The summed E-state index contributed by atoms with van der Waals surface area (Å²) in [6, 6.07) is 2.22. The first-order chi connectivity index (χ1) is 6.61. The van der Waals surface area contributed by atoms with Crippen LogP contribution in [0.1, 0.15) is 0 Å². The van der Waals surface area contributed by atoms with Crippen molar-refractivity contribution in [2.24, 2.45) is 0 Å². The van der Waals surface area contributed by atoms with Crippen LogP contribution in [0.3, 0.4) is 0 Å². The molecule has 0 amide bonds. The van der Waals surface area contributed by atoms with Crippen molar-refractivity contribution in [2.75, 3.05) is 0 Å². The van der Waals surface area contributed by atoms with Gasteiger partial charge in [0.25, 0.3) is 0 Å². The minimum absolute atomic E-state index is 0.00528. The molecule has 0 aliphatic rings. The van der Waals surface area contributed by atoms with E-state index in [1.54, 1.807) is 0 Å². The Morgan fingerprint density at radius 1 is 1.36 bits per heavy atom. The molecule has 0 saturated carbocycles. The predicted molar refractivity (Wildman–Crippen MR) is 52.2 cm³/mol. The first-order valence-corrected chi connectivity index (χ1v) is 4.55. The lowest BCUT2D eigenvalue weighted by Gasteiger charge is -2.01. The molecule has 14 heavy (non-hydrogen) atoms. The lowest BCUT2D eigenvalue weighted by molar-refractivity contribution is 0.579. The third kappa shape index (κ3) is 1.24. The molecule has 2 aromatic rings. The van der Waals surface area contributed by atoms with Crippen molar-refractivity contribution >= 4 is 26.8 Å². The van der Waals surface area contributed by atoms with Crippen molar-refractivity contribution < 1.29 is 8.78 Å². The Morgan fingerprint density at radius 3 is 2.79 bits per heavy atom. The van der Waals surface area contributed by atoms with E-state index in [2.05, 4.69) is 20.9 Å². The zero-order valence-corrected chi connectivity index (χ0v) is 8.36. The third-order valence-electron chi connectivity index (χ3n) is 1.89. The van der Waals surface area contributed by atoms with Gasteiger partial charge in [-0.05, 0) is 22.0 Å². The van der Waals surface area contributed by atoms with E-state index in [9.17, 15) is 13.6 Å². The van der Waals surface area contributed by atoms with E-state index < -0.39 is 17.1 Å². The molecule has 1 aromatic carbocycles. The number of H-pyrrole nitrogens is 1. The van der Waals surface area contributed by atoms with Crippen LogP contribution in [0.15, 0.2) is 27.6 Å². The summed E-state index contributed by atoms with van der Waals surface area (Å²) in [5.74, 6) is -1.58. The van der Waals surface area contributed by atoms with Gasteiger partial charge in [-0.3, -0.25) is 4.79 Å². The molecule has 1 heterocycles. The molecular weight excluding hydrogens is 256 g/mol. The maximum Gasteiger partial charge on any atom is 0.189 e. The number of hydrogen-bond acceptors (Lipinski definition) is 1. The number of aromatic amines is 1. The highest BCUT2D eigenvalue weighted by Gasteiger charge is 2.12. The van der Waals surface area contributed by atoms with Gasteiger partial charge in [0, 0.05) is 12.3 Å². The van der Waals surface area contributed by atoms with Crippen molar-refractivity contribution in [3.63, 3.8) is 0 Å². The average Bonchev–Trinajstić information content (AvgIpc) is 2.17. The lowest BCUT2D eigenvalue weighted by atomic mass is 10.2. The molecule has 0 aliphatic heterocycles. The fourth-order valence-electron chi connectivity index (χ4n) is 1.22. The highest BCUT2D eigenvalue weighted by molar-refractivity contribution is 9.10. The highest BCUT2D eigenvalue weighted by atomic mass is 79.9. The number of aromatic nitrogens is 1. The van der Waals surface area contributed by atoms with Gasteiger partial charge in [-0.15, -0.1) is 0 Å². The van der Waals surface area contributed by atoms with Crippen LogP contribution in [0, 0.1) is 11.6 Å². The number of halogens is 3. The quantitative estimate of drug-likeness (QED) is 0.725. The van der Waals surface area contributed by atoms with Crippen molar-refractivity contribution in [3.05, 3.63) is 44.7 Å². The molecule has 72 valence electrons. The first-order valence-electron chi connectivity index (χ1n) is 3.76. The molecule has 2 nitrogen and oxygen atoms in total. The Hall–Kier alpha value is -1.23. The topological polar surface area (TPSA) is 32.9 Å². The van der Waals surface area contributed by atoms with E-state index >= 15 is 0 Å². The van der Waals surface area contributed by atoms with Gasteiger partial charge in [-0.25, -0.2) is 8.78 Å². The maximum absolute atomic E-state index is 13.4. The van der Waals surface area contributed by atoms with Crippen LogP contribution < -0.4 is 5.43 Å². The Labute approximate surface area is 85.7 Å². The second-order valence-corrected chi connectivity index (χ2v) is 3.54. The van der Waals surface area contributed by atoms with Crippen LogP contribution in [0.2, 0.25) is 0 Å². The molecule has 5 heteroatoms. The number of nitrogens with one attached hydrogen (secondary N) is 1. The number of rotatable bonds is 0. The summed E-state index contributed by atoms with van der Waals surface area (Å²) >= 11 is 2.75. The van der Waals surface area contributed by atoms with Gasteiger partial charge in [-0.2, -0.15) is 0 Å². The summed E-state index contributed by atoms with van der Waals surface area (Å²) in [5.41, 5.74) is -0.408. The summed E-state index contributed by atoms with van der Waals surface area (Å²) in [7, 11) is 0. The SMILES string of the molecule is O=c1cc[nH]c2c(F)c(Br)c(F)cc12. The molecule has 0 radical (unpaired) electrons. The van der Waals surface area contributed by atoms with E-state index in [4.69, 9.17) is 0 Å². The molecule has 0 unspecified atom stereocenters. The Kier molecular flexibility index (Phi) is 2.11. The lowest BCUT2D eigenvalue weighted by Crippen LogP contribution is -2.03.